The molecule has 0 radical (unpaired) electrons. The zero-order chi connectivity index (χ0) is 12.1. The molecule has 0 amide bonds. The van der Waals surface area contributed by atoms with Gasteiger partial charge in [0.05, 0.1) is 0 Å². The lowest BCUT2D eigenvalue weighted by atomic mass is 9.94. The summed E-state index contributed by atoms with van der Waals surface area (Å²) >= 11 is 0. The summed E-state index contributed by atoms with van der Waals surface area (Å²) in [4.78, 5) is 11.1. The highest BCUT2D eigenvalue weighted by Gasteiger charge is 2.34. The van der Waals surface area contributed by atoms with Crippen molar-refractivity contribution >= 4 is 5.97 Å². The Kier molecular flexibility index (Phi) is 5.88. The number of rotatable bonds is 7. The molecule has 3 heteroatoms. The molecule has 0 aliphatic rings. The fraction of sp³-hybridized carbons (Fsp3) is 0.917. The van der Waals surface area contributed by atoms with Crippen LogP contribution in [-0.2, 0) is 9.53 Å². The molecule has 1 atom stereocenters. The molecular weight excluding hydrogens is 192 g/mol. The van der Waals surface area contributed by atoms with Crippen LogP contribution in [0.2, 0.25) is 0 Å². The van der Waals surface area contributed by atoms with E-state index < -0.39 is 11.6 Å². The van der Waals surface area contributed by atoms with E-state index >= 15 is 0 Å². The first kappa shape index (κ1) is 14.4. The zero-order valence-electron chi connectivity index (χ0n) is 10.5. The Morgan fingerprint density at radius 1 is 1.27 bits per heavy atom. The van der Waals surface area contributed by atoms with Crippen molar-refractivity contribution in [2.45, 2.75) is 53.1 Å². The second-order valence-corrected chi connectivity index (χ2v) is 5.16. The van der Waals surface area contributed by atoms with Crippen molar-refractivity contribution in [1.29, 1.82) is 0 Å². The van der Waals surface area contributed by atoms with Gasteiger partial charge in [0.1, 0.15) is 0 Å². The number of hydrogen-bond acceptors (Lipinski definition) is 2. The van der Waals surface area contributed by atoms with Crippen molar-refractivity contribution in [3.63, 3.8) is 0 Å². The van der Waals surface area contributed by atoms with Gasteiger partial charge in [0.25, 0.3) is 0 Å². The first-order valence-corrected chi connectivity index (χ1v) is 5.65. The molecule has 0 aliphatic carbocycles. The van der Waals surface area contributed by atoms with Crippen LogP contribution in [0.5, 0.6) is 0 Å². The summed E-state index contributed by atoms with van der Waals surface area (Å²) < 4.78 is 5.51. The van der Waals surface area contributed by atoms with Gasteiger partial charge < -0.3 is 9.84 Å². The van der Waals surface area contributed by atoms with E-state index in [1.54, 1.807) is 6.92 Å². The Balaban J connectivity index is 4.20. The highest BCUT2D eigenvalue weighted by atomic mass is 16.5. The number of aliphatic carboxylic acids is 1. The van der Waals surface area contributed by atoms with Crippen LogP contribution in [0.25, 0.3) is 0 Å². The van der Waals surface area contributed by atoms with Gasteiger partial charge in [-0.2, -0.15) is 0 Å². The van der Waals surface area contributed by atoms with Gasteiger partial charge in [-0.25, -0.2) is 4.79 Å². The SMILES string of the molecule is CC(C)CCOC(C)(CC(C)C)C(=O)O. The molecule has 0 bridgehead atoms. The summed E-state index contributed by atoms with van der Waals surface area (Å²) in [7, 11) is 0. The Hall–Kier alpha value is -0.570. The summed E-state index contributed by atoms with van der Waals surface area (Å²) in [5.74, 6) is 0.00667. The van der Waals surface area contributed by atoms with E-state index in [2.05, 4.69) is 13.8 Å². The highest BCUT2D eigenvalue weighted by molar-refractivity contribution is 5.76. The predicted octanol–water partition coefficient (Wildman–Crippen LogP) is 2.94. The molecule has 1 unspecified atom stereocenters. The first-order chi connectivity index (χ1) is 6.78. The van der Waals surface area contributed by atoms with Crippen LogP contribution in [0.3, 0.4) is 0 Å². The van der Waals surface area contributed by atoms with Crippen LogP contribution < -0.4 is 0 Å². The monoisotopic (exact) mass is 216 g/mol. The first-order valence-electron chi connectivity index (χ1n) is 5.65. The summed E-state index contributed by atoms with van der Waals surface area (Å²) in [5.41, 5.74) is -1.02. The molecule has 15 heavy (non-hydrogen) atoms. The summed E-state index contributed by atoms with van der Waals surface area (Å²) in [5, 5.41) is 9.12. The van der Waals surface area contributed by atoms with Gasteiger partial charge in [-0.05, 0) is 31.6 Å². The molecule has 90 valence electrons. The molecule has 0 aromatic rings. The Bertz CT molecular complexity index is 199. The van der Waals surface area contributed by atoms with Crippen LogP contribution in [0.15, 0.2) is 0 Å². The number of carbonyl (C=O) groups is 1. The normalized spacial score (nSPS) is 15.7. The fourth-order valence-corrected chi connectivity index (χ4v) is 1.51. The average Bonchev–Trinajstić information content (AvgIpc) is 2.01. The molecule has 0 spiro atoms. The van der Waals surface area contributed by atoms with Gasteiger partial charge in [-0.15, -0.1) is 0 Å². The van der Waals surface area contributed by atoms with E-state index in [0.717, 1.165) is 6.42 Å². The summed E-state index contributed by atoms with van der Waals surface area (Å²) in [6.07, 6.45) is 1.46. The minimum Gasteiger partial charge on any atom is -0.479 e. The topological polar surface area (TPSA) is 46.5 Å². The molecule has 3 nitrogen and oxygen atoms in total. The molecule has 0 rings (SSSR count). The summed E-state index contributed by atoms with van der Waals surface area (Å²) in [6.45, 7) is 10.4. The average molecular weight is 216 g/mol. The molecule has 0 saturated carbocycles. The van der Waals surface area contributed by atoms with Crippen LogP contribution in [-0.4, -0.2) is 23.3 Å². The Labute approximate surface area is 92.8 Å². The second-order valence-electron chi connectivity index (χ2n) is 5.16. The van der Waals surface area contributed by atoms with E-state index in [1.807, 2.05) is 13.8 Å². The lowest BCUT2D eigenvalue weighted by molar-refractivity contribution is -0.166. The van der Waals surface area contributed by atoms with E-state index in [9.17, 15) is 4.79 Å². The Morgan fingerprint density at radius 2 is 1.80 bits per heavy atom. The van der Waals surface area contributed by atoms with Gasteiger partial charge in [-0.1, -0.05) is 27.7 Å². The van der Waals surface area contributed by atoms with Crippen LogP contribution in [0.4, 0.5) is 0 Å². The standard InChI is InChI=1S/C12H24O3/c1-9(2)6-7-15-12(5,11(13)14)8-10(3)4/h9-10H,6-8H2,1-5H3,(H,13,14). The van der Waals surface area contributed by atoms with E-state index in [-0.39, 0.29) is 0 Å². The predicted molar refractivity (Wildman–Crippen MR) is 60.9 cm³/mol. The van der Waals surface area contributed by atoms with Gasteiger partial charge in [0.2, 0.25) is 0 Å². The fourth-order valence-electron chi connectivity index (χ4n) is 1.51. The molecule has 0 aliphatic heterocycles. The lowest BCUT2D eigenvalue weighted by Crippen LogP contribution is -2.40. The third kappa shape index (κ3) is 5.78. The molecule has 0 aromatic carbocycles. The van der Waals surface area contributed by atoms with Gasteiger partial charge in [-0.3, -0.25) is 0 Å². The smallest absolute Gasteiger partial charge is 0.335 e. The largest absolute Gasteiger partial charge is 0.479 e. The highest BCUT2D eigenvalue weighted by Crippen LogP contribution is 2.22. The minimum absolute atomic E-state index is 0.324. The Morgan fingerprint density at radius 3 is 2.13 bits per heavy atom. The number of carboxylic acids is 1. The number of ether oxygens (including phenoxy) is 1. The lowest BCUT2D eigenvalue weighted by Gasteiger charge is -2.27. The maximum absolute atomic E-state index is 11.1. The van der Waals surface area contributed by atoms with Crippen molar-refractivity contribution < 1.29 is 14.6 Å². The maximum Gasteiger partial charge on any atom is 0.335 e. The second kappa shape index (κ2) is 6.11. The van der Waals surface area contributed by atoms with E-state index in [0.29, 0.717) is 24.9 Å². The molecule has 0 fully saturated rings. The molecule has 0 heterocycles. The van der Waals surface area contributed by atoms with Crippen molar-refractivity contribution in [3.8, 4) is 0 Å². The third-order valence-electron chi connectivity index (χ3n) is 2.37. The maximum atomic E-state index is 11.1. The van der Waals surface area contributed by atoms with E-state index in [1.165, 1.54) is 0 Å². The van der Waals surface area contributed by atoms with E-state index in [4.69, 9.17) is 9.84 Å². The van der Waals surface area contributed by atoms with Crippen molar-refractivity contribution in [2.24, 2.45) is 11.8 Å². The van der Waals surface area contributed by atoms with Crippen molar-refractivity contribution in [2.75, 3.05) is 6.61 Å². The summed E-state index contributed by atoms with van der Waals surface area (Å²) in [6, 6.07) is 0. The third-order valence-corrected chi connectivity index (χ3v) is 2.37. The molecular formula is C12H24O3. The van der Waals surface area contributed by atoms with Crippen LogP contribution >= 0.6 is 0 Å². The van der Waals surface area contributed by atoms with Crippen molar-refractivity contribution in [1.82, 2.24) is 0 Å². The molecule has 0 aromatic heterocycles. The molecule has 1 N–H and O–H groups in total. The van der Waals surface area contributed by atoms with Crippen LogP contribution in [0, 0.1) is 11.8 Å². The minimum atomic E-state index is -1.02. The zero-order valence-corrected chi connectivity index (χ0v) is 10.5. The van der Waals surface area contributed by atoms with Crippen molar-refractivity contribution in [3.05, 3.63) is 0 Å². The van der Waals surface area contributed by atoms with Gasteiger partial charge in [0, 0.05) is 6.61 Å². The van der Waals surface area contributed by atoms with Gasteiger partial charge in [0.15, 0.2) is 5.60 Å². The molecule has 0 saturated heterocycles. The number of carboxylic acid groups (broad SMARTS) is 1. The number of hydrogen-bond donors (Lipinski definition) is 1. The quantitative estimate of drug-likeness (QED) is 0.711. The van der Waals surface area contributed by atoms with Crippen LogP contribution in [0.1, 0.15) is 47.5 Å². The van der Waals surface area contributed by atoms with Gasteiger partial charge >= 0.3 is 5.97 Å².